The molecule has 0 bridgehead atoms. The van der Waals surface area contributed by atoms with Gasteiger partial charge in [-0.15, -0.1) is 0 Å². The van der Waals surface area contributed by atoms with Gasteiger partial charge in [0.05, 0.1) is 5.69 Å². The zero-order chi connectivity index (χ0) is 12.5. The number of aromatic nitrogens is 2. The van der Waals surface area contributed by atoms with Crippen molar-refractivity contribution in [1.82, 2.24) is 9.78 Å². The number of alkyl halides is 1. The molecule has 2 heterocycles. The molecule has 1 N–H and O–H groups in total. The minimum Gasteiger partial charge on any atom is -0.384 e. The maximum atomic E-state index is 14.7. The van der Waals surface area contributed by atoms with E-state index >= 15 is 0 Å². The molecule has 0 radical (unpaired) electrons. The second-order valence-electron chi connectivity index (χ2n) is 4.49. The number of rotatable bonds is 3. The van der Waals surface area contributed by atoms with Crippen molar-refractivity contribution in [3.63, 3.8) is 0 Å². The van der Waals surface area contributed by atoms with Crippen LogP contribution in [0.15, 0.2) is 30.5 Å². The Morgan fingerprint density at radius 2 is 2.33 bits per heavy atom. The Hall–Kier alpha value is -1.84. The van der Waals surface area contributed by atoms with Gasteiger partial charge in [-0.05, 0) is 25.0 Å². The molecule has 1 aromatic heterocycles. The third-order valence-electron chi connectivity index (χ3n) is 3.46. The number of benzene rings is 1. The van der Waals surface area contributed by atoms with Crippen LogP contribution in [0.1, 0.15) is 29.9 Å². The molecule has 1 aliphatic rings. The zero-order valence-corrected chi connectivity index (χ0v) is 10.4. The lowest BCUT2D eigenvalue weighted by molar-refractivity contribution is 0.375. The molecule has 94 valence electrons. The second kappa shape index (κ2) is 4.44. The molecule has 3 rings (SSSR count). The van der Waals surface area contributed by atoms with E-state index in [4.69, 9.17) is 0 Å². The van der Waals surface area contributed by atoms with E-state index in [2.05, 4.69) is 16.5 Å². The van der Waals surface area contributed by atoms with E-state index in [1.165, 1.54) is 5.56 Å². The molecule has 0 spiro atoms. The molecule has 3 nitrogen and oxygen atoms in total. The molecule has 1 aromatic carbocycles. The van der Waals surface area contributed by atoms with Crippen LogP contribution >= 0.6 is 0 Å². The summed E-state index contributed by atoms with van der Waals surface area (Å²) < 4.78 is 16.4. The quantitative estimate of drug-likeness (QED) is 0.901. The summed E-state index contributed by atoms with van der Waals surface area (Å²) in [5, 5.41) is 7.41. The van der Waals surface area contributed by atoms with E-state index in [1.54, 1.807) is 16.9 Å². The van der Waals surface area contributed by atoms with Gasteiger partial charge in [0, 0.05) is 30.5 Å². The molecule has 2 aromatic rings. The molecule has 1 unspecified atom stereocenters. The van der Waals surface area contributed by atoms with Crippen molar-refractivity contribution in [2.24, 2.45) is 0 Å². The van der Waals surface area contributed by atoms with Gasteiger partial charge in [0.2, 0.25) is 0 Å². The monoisotopic (exact) mass is 245 g/mol. The van der Waals surface area contributed by atoms with E-state index < -0.39 is 6.17 Å². The second-order valence-corrected chi connectivity index (χ2v) is 4.49. The fourth-order valence-corrected chi connectivity index (χ4v) is 2.56. The minimum absolute atomic E-state index is 0.625. The van der Waals surface area contributed by atoms with Crippen molar-refractivity contribution in [2.75, 3.05) is 11.9 Å². The Balaban J connectivity index is 2.03. The number of fused-ring (bicyclic) bond motifs is 1. The lowest BCUT2D eigenvalue weighted by atomic mass is 10.0. The van der Waals surface area contributed by atoms with Gasteiger partial charge in [-0.3, -0.25) is 4.68 Å². The van der Waals surface area contributed by atoms with E-state index in [0.29, 0.717) is 12.2 Å². The van der Waals surface area contributed by atoms with Gasteiger partial charge < -0.3 is 5.32 Å². The highest BCUT2D eigenvalue weighted by Crippen LogP contribution is 2.35. The third-order valence-corrected chi connectivity index (χ3v) is 3.46. The first-order chi connectivity index (χ1) is 8.81. The van der Waals surface area contributed by atoms with E-state index in [-0.39, 0.29) is 0 Å². The molecule has 4 heteroatoms. The highest BCUT2D eigenvalue weighted by molar-refractivity contribution is 5.62. The molecule has 0 fully saturated rings. The van der Waals surface area contributed by atoms with Crippen molar-refractivity contribution in [2.45, 2.75) is 26.1 Å². The van der Waals surface area contributed by atoms with Crippen LogP contribution in [0.25, 0.3) is 0 Å². The summed E-state index contributed by atoms with van der Waals surface area (Å²) in [7, 11) is 0. The van der Waals surface area contributed by atoms with Crippen LogP contribution in [-0.4, -0.2) is 16.3 Å². The minimum atomic E-state index is -1.12. The Morgan fingerprint density at radius 3 is 3.17 bits per heavy atom. The lowest BCUT2D eigenvalue weighted by Gasteiger charge is -2.14. The average molecular weight is 245 g/mol. The molecule has 1 aliphatic heterocycles. The van der Waals surface area contributed by atoms with Crippen molar-refractivity contribution >= 4 is 5.69 Å². The summed E-state index contributed by atoms with van der Waals surface area (Å²) in [4.78, 5) is 0. The summed E-state index contributed by atoms with van der Waals surface area (Å²) in [5.74, 6) is 0. The Kier molecular flexibility index (Phi) is 2.78. The average Bonchev–Trinajstić information content (AvgIpc) is 3.05. The van der Waals surface area contributed by atoms with E-state index in [1.807, 2.05) is 19.1 Å². The molecule has 0 saturated heterocycles. The van der Waals surface area contributed by atoms with Gasteiger partial charge in [-0.1, -0.05) is 18.2 Å². The molecule has 0 aliphatic carbocycles. The van der Waals surface area contributed by atoms with Gasteiger partial charge in [0.1, 0.15) is 0 Å². The normalized spacial score (nSPS) is 15.2. The first-order valence-electron chi connectivity index (χ1n) is 6.32. The molecule has 0 amide bonds. The number of para-hydroxylation sites is 1. The van der Waals surface area contributed by atoms with Crippen LogP contribution in [0, 0.1) is 0 Å². The highest BCUT2D eigenvalue weighted by Gasteiger charge is 2.23. The highest BCUT2D eigenvalue weighted by atomic mass is 19.1. The molecule has 18 heavy (non-hydrogen) atoms. The van der Waals surface area contributed by atoms with Crippen molar-refractivity contribution < 1.29 is 4.39 Å². The number of nitrogens with zero attached hydrogens (tertiary/aromatic N) is 2. The Morgan fingerprint density at radius 1 is 1.44 bits per heavy atom. The van der Waals surface area contributed by atoms with Gasteiger partial charge >= 0.3 is 0 Å². The maximum Gasteiger partial charge on any atom is 0.169 e. The molecule has 1 atom stereocenters. The van der Waals surface area contributed by atoms with Gasteiger partial charge in [-0.2, -0.15) is 5.10 Å². The number of hydrogen-bond donors (Lipinski definition) is 1. The van der Waals surface area contributed by atoms with Crippen LogP contribution in [0.5, 0.6) is 0 Å². The zero-order valence-electron chi connectivity index (χ0n) is 10.4. The number of anilines is 1. The topological polar surface area (TPSA) is 29.9 Å². The first kappa shape index (κ1) is 11.3. The number of hydrogen-bond acceptors (Lipinski definition) is 2. The summed E-state index contributed by atoms with van der Waals surface area (Å²) in [6.45, 7) is 3.55. The first-order valence-corrected chi connectivity index (χ1v) is 6.32. The molecular weight excluding hydrogens is 229 g/mol. The number of nitrogens with one attached hydrogen (secondary N) is 1. The summed E-state index contributed by atoms with van der Waals surface area (Å²) >= 11 is 0. The predicted octanol–water partition coefficient (Wildman–Crippen LogP) is 2.93. The van der Waals surface area contributed by atoms with Crippen LogP contribution < -0.4 is 5.32 Å². The Bertz CT molecular complexity index is 562. The van der Waals surface area contributed by atoms with E-state index in [9.17, 15) is 4.39 Å². The largest absolute Gasteiger partial charge is 0.384 e. The summed E-state index contributed by atoms with van der Waals surface area (Å²) in [5.41, 5.74) is 3.52. The van der Waals surface area contributed by atoms with Gasteiger partial charge in [0.15, 0.2) is 6.17 Å². The molecular formula is C14H16FN3. The van der Waals surface area contributed by atoms with E-state index in [0.717, 1.165) is 24.2 Å². The lowest BCUT2D eigenvalue weighted by Crippen LogP contribution is -2.07. The summed E-state index contributed by atoms with van der Waals surface area (Å²) in [6, 6.07) is 7.60. The van der Waals surface area contributed by atoms with Gasteiger partial charge in [0.25, 0.3) is 0 Å². The number of aryl methyl sites for hydroxylation is 1. The molecule has 0 saturated carbocycles. The summed E-state index contributed by atoms with van der Waals surface area (Å²) in [6.07, 6.45) is 1.51. The predicted molar refractivity (Wildman–Crippen MR) is 69.5 cm³/mol. The van der Waals surface area contributed by atoms with Crippen LogP contribution in [0.2, 0.25) is 0 Å². The van der Waals surface area contributed by atoms with Crippen molar-refractivity contribution in [1.29, 1.82) is 0 Å². The third kappa shape index (κ3) is 1.68. The van der Waals surface area contributed by atoms with Crippen LogP contribution in [0.4, 0.5) is 10.1 Å². The fourth-order valence-electron chi connectivity index (χ4n) is 2.56. The van der Waals surface area contributed by atoms with Crippen molar-refractivity contribution in [3.8, 4) is 0 Å². The van der Waals surface area contributed by atoms with Gasteiger partial charge in [-0.25, -0.2) is 4.39 Å². The Labute approximate surface area is 106 Å². The standard InChI is InChI=1S/C14H16FN3/c1-2-18-12(7-9-17-18)13(15)11-5-3-4-10-6-8-16-14(10)11/h3-5,7,9,13,16H,2,6,8H2,1H3. The van der Waals surface area contributed by atoms with Crippen LogP contribution in [-0.2, 0) is 13.0 Å². The number of halogens is 1. The smallest absolute Gasteiger partial charge is 0.169 e. The van der Waals surface area contributed by atoms with Crippen molar-refractivity contribution in [3.05, 3.63) is 47.3 Å². The SMILES string of the molecule is CCn1nccc1C(F)c1cccc2c1NCC2. The fraction of sp³-hybridized carbons (Fsp3) is 0.357. The van der Waals surface area contributed by atoms with Crippen LogP contribution in [0.3, 0.4) is 0 Å². The maximum absolute atomic E-state index is 14.7.